The van der Waals surface area contributed by atoms with E-state index in [0.29, 0.717) is 0 Å². The number of pyridine rings is 1. The van der Waals surface area contributed by atoms with Crippen LogP contribution in [0.25, 0.3) is 16.8 Å². The largest absolute Gasteiger partial charge is 0.256 e. The zero-order valence-electron chi connectivity index (χ0n) is 7.00. The highest BCUT2D eigenvalue weighted by atomic mass is 79.9. The monoisotopic (exact) mass is 233 g/mol. The lowest BCUT2D eigenvalue weighted by molar-refractivity contribution is 1.33. The number of aromatic nitrogens is 1. The number of benzene rings is 1. The third-order valence-electron chi connectivity index (χ3n) is 1.98. The smallest absolute Gasteiger partial charge is 0.0702 e. The number of rotatable bonds is 1. The Hall–Kier alpha value is -1.15. The first-order chi connectivity index (χ1) is 6.33. The summed E-state index contributed by atoms with van der Waals surface area (Å²) in [5.41, 5.74) is 0.929. The minimum Gasteiger partial charge on any atom is -0.256 e. The molecule has 0 saturated carbocycles. The van der Waals surface area contributed by atoms with Crippen LogP contribution in [0, 0.1) is 0 Å². The summed E-state index contributed by atoms with van der Waals surface area (Å²) in [6, 6.07) is 8.06. The zero-order valence-corrected chi connectivity index (χ0v) is 8.58. The predicted molar refractivity (Wildman–Crippen MR) is 59.5 cm³/mol. The van der Waals surface area contributed by atoms with Gasteiger partial charge in [0.2, 0.25) is 0 Å². The van der Waals surface area contributed by atoms with Crippen LogP contribution in [0.3, 0.4) is 0 Å². The number of hydrogen-bond donors (Lipinski definition) is 0. The van der Waals surface area contributed by atoms with Crippen molar-refractivity contribution in [3.8, 4) is 0 Å². The Bertz CT molecular complexity index is 463. The van der Waals surface area contributed by atoms with E-state index < -0.39 is 0 Å². The van der Waals surface area contributed by atoms with Gasteiger partial charge in [0.25, 0.3) is 0 Å². The molecule has 0 bridgehead atoms. The van der Waals surface area contributed by atoms with Crippen molar-refractivity contribution in [3.05, 3.63) is 47.2 Å². The second-order valence-electron chi connectivity index (χ2n) is 2.74. The molecule has 0 aliphatic carbocycles. The molecule has 0 N–H and O–H groups in total. The molecule has 0 radical (unpaired) electrons. The van der Waals surface area contributed by atoms with Crippen LogP contribution in [0.1, 0.15) is 5.69 Å². The van der Waals surface area contributed by atoms with E-state index in [1.807, 2.05) is 24.3 Å². The van der Waals surface area contributed by atoms with Gasteiger partial charge < -0.3 is 0 Å². The van der Waals surface area contributed by atoms with Gasteiger partial charge in [0, 0.05) is 16.1 Å². The Kier molecular flexibility index (Phi) is 2.15. The van der Waals surface area contributed by atoms with E-state index in [-0.39, 0.29) is 0 Å². The Morgan fingerprint density at radius 3 is 2.85 bits per heavy atom. The summed E-state index contributed by atoms with van der Waals surface area (Å²) in [5, 5.41) is 2.30. The van der Waals surface area contributed by atoms with Crippen molar-refractivity contribution in [2.75, 3.05) is 0 Å². The quantitative estimate of drug-likeness (QED) is 0.733. The molecule has 2 heteroatoms. The lowest BCUT2D eigenvalue weighted by atomic mass is 10.1. The molecule has 0 aliphatic heterocycles. The fourth-order valence-electron chi connectivity index (χ4n) is 1.35. The van der Waals surface area contributed by atoms with Crippen LogP contribution in [-0.4, -0.2) is 4.98 Å². The van der Waals surface area contributed by atoms with E-state index in [9.17, 15) is 0 Å². The van der Waals surface area contributed by atoms with E-state index >= 15 is 0 Å². The standard InChI is InChI=1S/C11H8BrN/c1-2-11-9-4-3-5-10(12)8(9)6-7-13-11/h2-7H,1H2. The molecule has 0 unspecified atom stereocenters. The Morgan fingerprint density at radius 1 is 1.23 bits per heavy atom. The van der Waals surface area contributed by atoms with Crippen LogP contribution in [0.15, 0.2) is 41.5 Å². The van der Waals surface area contributed by atoms with Crippen molar-refractivity contribution in [2.24, 2.45) is 0 Å². The molecule has 1 heterocycles. The number of nitrogens with zero attached hydrogens (tertiary/aromatic N) is 1. The molecule has 2 rings (SSSR count). The maximum atomic E-state index is 4.23. The first-order valence-electron chi connectivity index (χ1n) is 3.98. The van der Waals surface area contributed by atoms with Gasteiger partial charge in [-0.3, -0.25) is 4.98 Å². The number of fused-ring (bicyclic) bond motifs is 1. The van der Waals surface area contributed by atoms with Crippen molar-refractivity contribution in [1.29, 1.82) is 0 Å². The fraction of sp³-hybridized carbons (Fsp3) is 0. The molecule has 64 valence electrons. The minimum absolute atomic E-state index is 0.929. The first-order valence-corrected chi connectivity index (χ1v) is 4.78. The van der Waals surface area contributed by atoms with Gasteiger partial charge >= 0.3 is 0 Å². The summed E-state index contributed by atoms with van der Waals surface area (Å²) in [4.78, 5) is 4.23. The normalized spacial score (nSPS) is 10.2. The lowest BCUT2D eigenvalue weighted by Gasteiger charge is -2.02. The van der Waals surface area contributed by atoms with Crippen molar-refractivity contribution >= 4 is 32.8 Å². The van der Waals surface area contributed by atoms with Crippen LogP contribution < -0.4 is 0 Å². The highest BCUT2D eigenvalue weighted by Crippen LogP contribution is 2.25. The molecule has 13 heavy (non-hydrogen) atoms. The molecule has 1 aromatic heterocycles. The van der Waals surface area contributed by atoms with Gasteiger partial charge in [0.1, 0.15) is 0 Å². The topological polar surface area (TPSA) is 12.9 Å². The van der Waals surface area contributed by atoms with Gasteiger partial charge in [-0.25, -0.2) is 0 Å². The van der Waals surface area contributed by atoms with Crippen molar-refractivity contribution in [2.45, 2.75) is 0 Å². The van der Waals surface area contributed by atoms with Crippen LogP contribution in [0.4, 0.5) is 0 Å². The van der Waals surface area contributed by atoms with Gasteiger partial charge in [0.05, 0.1) is 5.69 Å². The number of hydrogen-bond acceptors (Lipinski definition) is 1. The third-order valence-corrected chi connectivity index (χ3v) is 2.67. The van der Waals surface area contributed by atoms with Crippen molar-refractivity contribution < 1.29 is 0 Å². The fourth-order valence-corrected chi connectivity index (χ4v) is 1.85. The maximum Gasteiger partial charge on any atom is 0.0702 e. The summed E-state index contributed by atoms with van der Waals surface area (Å²) < 4.78 is 1.09. The summed E-state index contributed by atoms with van der Waals surface area (Å²) >= 11 is 3.50. The lowest BCUT2D eigenvalue weighted by Crippen LogP contribution is -1.83. The predicted octanol–water partition coefficient (Wildman–Crippen LogP) is 3.64. The Morgan fingerprint density at radius 2 is 2.08 bits per heavy atom. The summed E-state index contributed by atoms with van der Waals surface area (Å²) in [6.07, 6.45) is 3.57. The Labute approximate surface area is 85.2 Å². The Balaban J connectivity index is 2.92. The molecule has 0 aliphatic rings. The molecular weight excluding hydrogens is 226 g/mol. The molecule has 0 amide bonds. The molecule has 0 spiro atoms. The molecular formula is C11H8BrN. The average Bonchev–Trinajstić information content (AvgIpc) is 2.18. The van der Waals surface area contributed by atoms with Crippen molar-refractivity contribution in [3.63, 3.8) is 0 Å². The second-order valence-corrected chi connectivity index (χ2v) is 3.59. The average molecular weight is 234 g/mol. The van der Waals surface area contributed by atoms with Gasteiger partial charge in [-0.15, -0.1) is 0 Å². The highest BCUT2D eigenvalue weighted by molar-refractivity contribution is 9.10. The molecule has 0 fully saturated rings. The van der Waals surface area contributed by atoms with E-state index in [2.05, 4.69) is 27.5 Å². The molecule has 1 aromatic carbocycles. The van der Waals surface area contributed by atoms with Crippen LogP contribution in [-0.2, 0) is 0 Å². The van der Waals surface area contributed by atoms with Gasteiger partial charge in [-0.1, -0.05) is 34.6 Å². The van der Waals surface area contributed by atoms with E-state index in [0.717, 1.165) is 15.6 Å². The second kappa shape index (κ2) is 3.30. The number of halogens is 1. The summed E-state index contributed by atoms with van der Waals surface area (Å²) in [5.74, 6) is 0. The van der Waals surface area contributed by atoms with Crippen LogP contribution >= 0.6 is 15.9 Å². The maximum absolute atomic E-state index is 4.23. The van der Waals surface area contributed by atoms with Gasteiger partial charge in [0.15, 0.2) is 0 Å². The molecule has 0 saturated heterocycles. The molecule has 2 aromatic rings. The van der Waals surface area contributed by atoms with E-state index in [1.165, 1.54) is 5.39 Å². The van der Waals surface area contributed by atoms with E-state index in [1.54, 1.807) is 12.3 Å². The summed E-state index contributed by atoms with van der Waals surface area (Å²) in [7, 11) is 0. The highest BCUT2D eigenvalue weighted by Gasteiger charge is 2.00. The first kappa shape index (κ1) is 8.45. The third kappa shape index (κ3) is 1.38. The molecule has 1 nitrogen and oxygen atoms in total. The van der Waals surface area contributed by atoms with Gasteiger partial charge in [-0.2, -0.15) is 0 Å². The minimum atomic E-state index is 0.929. The van der Waals surface area contributed by atoms with E-state index in [4.69, 9.17) is 0 Å². The SMILES string of the molecule is C=Cc1nccc2c(Br)cccc12. The van der Waals surface area contributed by atoms with Crippen LogP contribution in [0.2, 0.25) is 0 Å². The van der Waals surface area contributed by atoms with Gasteiger partial charge in [-0.05, 0) is 23.6 Å². The summed E-state index contributed by atoms with van der Waals surface area (Å²) in [6.45, 7) is 3.73. The van der Waals surface area contributed by atoms with Crippen molar-refractivity contribution in [1.82, 2.24) is 4.98 Å². The van der Waals surface area contributed by atoms with Crippen LogP contribution in [0.5, 0.6) is 0 Å². The zero-order chi connectivity index (χ0) is 9.26. The molecule has 0 atom stereocenters.